The van der Waals surface area contributed by atoms with E-state index in [0.29, 0.717) is 0 Å². The summed E-state index contributed by atoms with van der Waals surface area (Å²) in [6.07, 6.45) is 5.39. The van der Waals surface area contributed by atoms with Gasteiger partial charge >= 0.3 is 0 Å². The summed E-state index contributed by atoms with van der Waals surface area (Å²) in [4.78, 5) is 9.35. The number of halogens is 1. The van der Waals surface area contributed by atoms with Crippen LogP contribution in [0, 0.1) is 0 Å². The zero-order valence-corrected chi connectivity index (χ0v) is 15.2. The van der Waals surface area contributed by atoms with E-state index >= 15 is 0 Å². The molecule has 0 aliphatic rings. The van der Waals surface area contributed by atoms with Crippen LogP contribution < -0.4 is 0 Å². The van der Waals surface area contributed by atoms with Gasteiger partial charge in [-0.3, -0.25) is 4.98 Å². The molecule has 1 atom stereocenters. The van der Waals surface area contributed by atoms with Crippen LogP contribution in [0.4, 0.5) is 0 Å². The molecule has 1 unspecified atom stereocenters. The fraction of sp³-hybridized carbons (Fsp3) is 0.444. The largest absolute Gasteiger partial charge is 0.393 e. The van der Waals surface area contributed by atoms with Crippen LogP contribution in [0.5, 0.6) is 0 Å². The van der Waals surface area contributed by atoms with Crippen molar-refractivity contribution in [1.29, 1.82) is 0 Å². The molecule has 23 heavy (non-hydrogen) atoms. The fourth-order valence-corrected chi connectivity index (χ4v) is 3.38. The summed E-state index contributed by atoms with van der Waals surface area (Å²) in [6, 6.07) is 6.20. The third kappa shape index (κ3) is 3.40. The lowest BCUT2D eigenvalue weighted by molar-refractivity contribution is 0.179. The summed E-state index contributed by atoms with van der Waals surface area (Å²) in [7, 11) is 0. The van der Waals surface area contributed by atoms with Crippen LogP contribution in [0.1, 0.15) is 38.9 Å². The summed E-state index contributed by atoms with van der Waals surface area (Å²) in [5, 5.41) is 10.7. The van der Waals surface area contributed by atoms with Gasteiger partial charge in [0.1, 0.15) is 11.3 Å². The van der Waals surface area contributed by atoms with E-state index in [9.17, 15) is 5.11 Å². The second-order valence-corrected chi connectivity index (χ2v) is 6.99. The van der Waals surface area contributed by atoms with Crippen molar-refractivity contribution in [2.45, 2.75) is 52.2 Å². The number of nitrogens with zero attached hydrogens (tertiary/aromatic N) is 3. The van der Waals surface area contributed by atoms with Crippen LogP contribution in [0.25, 0.3) is 21.9 Å². The normalized spacial score (nSPS) is 13.0. The first-order chi connectivity index (χ1) is 11.1. The van der Waals surface area contributed by atoms with Crippen LogP contribution in [0.15, 0.2) is 28.9 Å². The molecular weight excluding hydrogens is 354 g/mol. The van der Waals surface area contributed by atoms with Crippen LogP contribution in [0.3, 0.4) is 0 Å². The third-order valence-corrected chi connectivity index (χ3v) is 4.58. The number of fused-ring (bicyclic) bond motifs is 3. The summed E-state index contributed by atoms with van der Waals surface area (Å²) in [6.45, 7) is 4.90. The maximum absolute atomic E-state index is 9.53. The summed E-state index contributed by atoms with van der Waals surface area (Å²) < 4.78 is 3.35. The molecule has 0 fully saturated rings. The van der Waals surface area contributed by atoms with E-state index in [4.69, 9.17) is 4.98 Å². The predicted molar refractivity (Wildman–Crippen MR) is 97.6 cm³/mol. The first-order valence-corrected chi connectivity index (χ1v) is 9.01. The topological polar surface area (TPSA) is 50.9 Å². The number of aromatic nitrogens is 3. The van der Waals surface area contributed by atoms with Crippen LogP contribution in [-0.4, -0.2) is 25.7 Å². The summed E-state index contributed by atoms with van der Waals surface area (Å²) in [5.74, 6) is 1.12. The van der Waals surface area contributed by atoms with E-state index in [1.54, 1.807) is 0 Å². The first kappa shape index (κ1) is 16.4. The van der Waals surface area contributed by atoms with E-state index < -0.39 is 0 Å². The molecule has 0 saturated carbocycles. The molecule has 1 N–H and O–H groups in total. The highest BCUT2D eigenvalue weighted by molar-refractivity contribution is 9.10. The second kappa shape index (κ2) is 6.97. The van der Waals surface area contributed by atoms with Gasteiger partial charge in [0.15, 0.2) is 0 Å². The number of rotatable bonds is 6. The first-order valence-electron chi connectivity index (χ1n) is 8.21. The molecule has 2 heterocycles. The summed E-state index contributed by atoms with van der Waals surface area (Å²) >= 11 is 3.51. The number of aliphatic hydroxyl groups is 1. The molecule has 2 aromatic heterocycles. The summed E-state index contributed by atoms with van der Waals surface area (Å²) in [5.41, 5.74) is 3.10. The fourth-order valence-electron chi connectivity index (χ4n) is 3.04. The molecule has 1 aromatic carbocycles. The van der Waals surface area contributed by atoms with Crippen LogP contribution in [0.2, 0.25) is 0 Å². The molecule has 122 valence electrons. The molecule has 0 amide bonds. The van der Waals surface area contributed by atoms with Crippen molar-refractivity contribution in [2.24, 2.45) is 0 Å². The quantitative estimate of drug-likeness (QED) is 0.691. The highest BCUT2D eigenvalue weighted by atomic mass is 79.9. The van der Waals surface area contributed by atoms with Crippen molar-refractivity contribution in [1.82, 2.24) is 14.5 Å². The maximum atomic E-state index is 9.53. The number of aryl methyl sites for hydroxylation is 2. The van der Waals surface area contributed by atoms with Gasteiger partial charge in [0.25, 0.3) is 0 Å². The van der Waals surface area contributed by atoms with Crippen molar-refractivity contribution in [3.8, 4) is 0 Å². The minimum Gasteiger partial charge on any atom is -0.393 e. The number of hydrogen-bond acceptors (Lipinski definition) is 3. The molecule has 0 aliphatic heterocycles. The standard InChI is InChI=1S/C18H22BrN3O/c1-3-5-17-21-16-11-20-15-10-13(19)7-8-14(15)18(16)22(17)9-4-6-12(2)23/h7-8,10-12,23H,3-6,9H2,1-2H3. The highest BCUT2D eigenvalue weighted by Gasteiger charge is 2.14. The lowest BCUT2D eigenvalue weighted by Crippen LogP contribution is -2.07. The van der Waals surface area contributed by atoms with E-state index in [1.807, 2.05) is 19.2 Å². The Morgan fingerprint density at radius 2 is 2.13 bits per heavy atom. The van der Waals surface area contributed by atoms with Gasteiger partial charge in [-0.1, -0.05) is 22.9 Å². The molecule has 0 radical (unpaired) electrons. The van der Waals surface area contributed by atoms with Crippen molar-refractivity contribution in [3.05, 3.63) is 34.7 Å². The van der Waals surface area contributed by atoms with Crippen molar-refractivity contribution in [3.63, 3.8) is 0 Å². The second-order valence-electron chi connectivity index (χ2n) is 6.07. The van der Waals surface area contributed by atoms with E-state index in [2.05, 4.69) is 44.5 Å². The minimum atomic E-state index is -0.256. The molecular formula is C18H22BrN3O. The van der Waals surface area contributed by atoms with Crippen molar-refractivity contribution in [2.75, 3.05) is 0 Å². The van der Waals surface area contributed by atoms with Gasteiger partial charge in [-0.05, 0) is 44.4 Å². The minimum absolute atomic E-state index is 0.256. The zero-order valence-electron chi connectivity index (χ0n) is 13.6. The Morgan fingerprint density at radius 3 is 2.87 bits per heavy atom. The Labute approximate surface area is 144 Å². The number of hydrogen-bond donors (Lipinski definition) is 1. The van der Waals surface area contributed by atoms with Gasteiger partial charge < -0.3 is 9.67 Å². The van der Waals surface area contributed by atoms with Gasteiger partial charge in [-0.2, -0.15) is 0 Å². The molecule has 4 nitrogen and oxygen atoms in total. The van der Waals surface area contributed by atoms with Gasteiger partial charge in [0.2, 0.25) is 0 Å². The van der Waals surface area contributed by atoms with Crippen molar-refractivity contribution < 1.29 is 5.11 Å². The molecule has 5 heteroatoms. The Bertz CT molecular complexity index is 826. The van der Waals surface area contributed by atoms with Gasteiger partial charge in [-0.25, -0.2) is 4.98 Å². The van der Waals surface area contributed by atoms with Crippen LogP contribution in [-0.2, 0) is 13.0 Å². The molecule has 0 saturated heterocycles. The number of pyridine rings is 1. The van der Waals surface area contributed by atoms with Gasteiger partial charge in [-0.15, -0.1) is 0 Å². The molecule has 0 bridgehead atoms. The average Bonchev–Trinajstić information content (AvgIpc) is 2.85. The van der Waals surface area contributed by atoms with Crippen molar-refractivity contribution >= 4 is 37.9 Å². The predicted octanol–water partition coefficient (Wildman–Crippen LogP) is 4.46. The Kier molecular flexibility index (Phi) is 4.97. The zero-order chi connectivity index (χ0) is 16.4. The molecule has 3 aromatic rings. The monoisotopic (exact) mass is 375 g/mol. The maximum Gasteiger partial charge on any atom is 0.109 e. The third-order valence-electron chi connectivity index (χ3n) is 4.09. The van der Waals surface area contributed by atoms with E-state index in [0.717, 1.165) is 64.5 Å². The Balaban J connectivity index is 2.13. The van der Waals surface area contributed by atoms with E-state index in [-0.39, 0.29) is 6.10 Å². The van der Waals surface area contributed by atoms with Gasteiger partial charge in [0.05, 0.1) is 23.3 Å². The SMILES string of the molecule is CCCc1nc2cnc3cc(Br)ccc3c2n1CCCC(C)O. The highest BCUT2D eigenvalue weighted by Crippen LogP contribution is 2.27. The number of aliphatic hydroxyl groups excluding tert-OH is 1. The molecule has 0 spiro atoms. The lowest BCUT2D eigenvalue weighted by atomic mass is 10.2. The Morgan fingerprint density at radius 1 is 1.30 bits per heavy atom. The average molecular weight is 376 g/mol. The lowest BCUT2D eigenvalue weighted by Gasteiger charge is -2.11. The molecule has 0 aliphatic carbocycles. The van der Waals surface area contributed by atoms with Gasteiger partial charge in [0, 0.05) is 22.8 Å². The number of benzene rings is 1. The smallest absolute Gasteiger partial charge is 0.109 e. The Hall–Kier alpha value is -1.46. The molecule has 3 rings (SSSR count). The number of imidazole rings is 1. The van der Waals surface area contributed by atoms with Crippen LogP contribution >= 0.6 is 15.9 Å². The van der Waals surface area contributed by atoms with E-state index in [1.165, 1.54) is 0 Å².